The van der Waals surface area contributed by atoms with Crippen LogP contribution in [0.1, 0.15) is 37.6 Å². The molecule has 4 radical (unpaired) electrons. The number of aromatic nitrogens is 2. The second kappa shape index (κ2) is 9.17. The quantitative estimate of drug-likeness (QED) is 0.479. The van der Waals surface area contributed by atoms with Gasteiger partial charge in [0.25, 0.3) is 0 Å². The Hall–Kier alpha value is -1.44. The van der Waals surface area contributed by atoms with Gasteiger partial charge < -0.3 is 13.4 Å². The van der Waals surface area contributed by atoms with E-state index in [1.54, 1.807) is 18.5 Å². The molecule has 8 heteroatoms. The van der Waals surface area contributed by atoms with Crippen molar-refractivity contribution >= 4 is 31.1 Å². The zero-order chi connectivity index (χ0) is 20.1. The van der Waals surface area contributed by atoms with Gasteiger partial charge in [0.1, 0.15) is 0 Å². The zero-order valence-corrected chi connectivity index (χ0v) is 19.1. The first-order valence-electron chi connectivity index (χ1n) is 8.63. The first kappa shape index (κ1) is 21.9. The van der Waals surface area contributed by atoms with Crippen LogP contribution in [-0.2, 0) is 21.8 Å². The van der Waals surface area contributed by atoms with Crippen molar-refractivity contribution in [3.63, 3.8) is 0 Å². The van der Waals surface area contributed by atoms with E-state index in [1.165, 1.54) is 0 Å². The maximum atomic E-state index is 9.01. The molecule has 142 valence electrons. The van der Waals surface area contributed by atoms with Crippen molar-refractivity contribution in [3.05, 3.63) is 52.6 Å². The lowest BCUT2D eigenvalue weighted by Gasteiger charge is -2.44. The van der Waals surface area contributed by atoms with Gasteiger partial charge in [0.2, 0.25) is 19.5 Å². The van der Waals surface area contributed by atoms with Crippen molar-refractivity contribution in [2.24, 2.45) is 5.41 Å². The Bertz CT molecular complexity index is 806. The standard InChI is InChI=1S/C19H24ClN3O2Si2/c1-18(2,3)19(24-26-4,25-27-5)9-16-11-22-13-23(16)12-15-7-6-14(10-21)8-17(15)20/h6-8,11,13H,9,12H2,1-5H3. The Labute approximate surface area is 171 Å². The lowest BCUT2D eigenvalue weighted by molar-refractivity contribution is -0.186. The normalized spacial score (nSPS) is 12.2. The van der Waals surface area contributed by atoms with E-state index in [-0.39, 0.29) is 5.41 Å². The smallest absolute Gasteiger partial charge is 0.230 e. The Morgan fingerprint density at radius 3 is 2.41 bits per heavy atom. The highest BCUT2D eigenvalue weighted by Gasteiger charge is 2.44. The maximum Gasteiger partial charge on any atom is 0.230 e. The molecule has 5 nitrogen and oxygen atoms in total. The van der Waals surface area contributed by atoms with Crippen LogP contribution in [0, 0.1) is 16.7 Å². The summed E-state index contributed by atoms with van der Waals surface area (Å²) in [5.74, 6) is -0.723. The van der Waals surface area contributed by atoms with Crippen LogP contribution >= 0.6 is 11.6 Å². The second-order valence-corrected chi connectivity index (χ2v) is 8.85. The van der Waals surface area contributed by atoms with Crippen LogP contribution in [0.4, 0.5) is 0 Å². The SMILES string of the molecule is C[Si]OC(Cc1cncn1Cc1ccc(C#N)cc1Cl)(O[Si]C)C(C)(C)C. The van der Waals surface area contributed by atoms with Gasteiger partial charge in [-0.3, -0.25) is 0 Å². The highest BCUT2D eigenvalue weighted by Crippen LogP contribution is 2.37. The number of nitriles is 1. The highest BCUT2D eigenvalue weighted by molar-refractivity contribution is 6.31. The molecule has 0 amide bonds. The van der Waals surface area contributed by atoms with Crippen molar-refractivity contribution < 1.29 is 8.85 Å². The summed E-state index contributed by atoms with van der Waals surface area (Å²) >= 11 is 6.35. The first-order valence-corrected chi connectivity index (χ1v) is 11.8. The number of hydrogen-bond donors (Lipinski definition) is 0. The van der Waals surface area contributed by atoms with E-state index in [0.717, 1.165) is 11.3 Å². The molecule has 27 heavy (non-hydrogen) atoms. The summed E-state index contributed by atoms with van der Waals surface area (Å²) < 4.78 is 14.4. The number of benzene rings is 1. The Balaban J connectivity index is 2.33. The summed E-state index contributed by atoms with van der Waals surface area (Å²) in [6, 6.07) is 7.46. The topological polar surface area (TPSA) is 60.1 Å². The molecular formula is C19H24ClN3O2Si2. The average Bonchev–Trinajstić information content (AvgIpc) is 3.02. The predicted molar refractivity (Wildman–Crippen MR) is 109 cm³/mol. The molecule has 0 aliphatic rings. The van der Waals surface area contributed by atoms with Crippen molar-refractivity contribution in [1.29, 1.82) is 5.26 Å². The van der Waals surface area contributed by atoms with Crippen molar-refractivity contribution in [3.8, 4) is 6.07 Å². The van der Waals surface area contributed by atoms with E-state index >= 15 is 0 Å². The fraction of sp³-hybridized carbons (Fsp3) is 0.474. The number of imidazole rings is 1. The Morgan fingerprint density at radius 1 is 1.22 bits per heavy atom. The number of rotatable bonds is 8. The number of hydrogen-bond acceptors (Lipinski definition) is 4. The summed E-state index contributed by atoms with van der Waals surface area (Å²) in [6.45, 7) is 11.0. The van der Waals surface area contributed by atoms with Gasteiger partial charge in [0, 0.05) is 28.7 Å². The molecule has 0 aliphatic heterocycles. The van der Waals surface area contributed by atoms with Gasteiger partial charge in [-0.2, -0.15) is 5.26 Å². The predicted octanol–water partition coefficient (Wildman–Crippen LogP) is 4.11. The molecule has 1 heterocycles. The van der Waals surface area contributed by atoms with Gasteiger partial charge >= 0.3 is 0 Å². The van der Waals surface area contributed by atoms with Crippen LogP contribution in [-0.4, -0.2) is 34.9 Å². The third-order valence-electron chi connectivity index (χ3n) is 4.41. The molecular weight excluding hydrogens is 394 g/mol. The van der Waals surface area contributed by atoms with Crippen LogP contribution in [0.2, 0.25) is 18.1 Å². The largest absolute Gasteiger partial charge is 0.391 e. The number of nitrogens with zero attached hydrogens (tertiary/aromatic N) is 3. The van der Waals surface area contributed by atoms with E-state index < -0.39 is 5.79 Å². The lowest BCUT2D eigenvalue weighted by atomic mass is 9.83. The molecule has 0 N–H and O–H groups in total. The minimum absolute atomic E-state index is 0.208. The molecule has 1 aromatic carbocycles. The molecule has 0 bridgehead atoms. The van der Waals surface area contributed by atoms with Gasteiger partial charge in [-0.25, -0.2) is 4.98 Å². The first-order chi connectivity index (χ1) is 12.8. The minimum Gasteiger partial charge on any atom is -0.391 e. The van der Waals surface area contributed by atoms with Crippen LogP contribution in [0.5, 0.6) is 0 Å². The molecule has 1 aromatic heterocycles. The van der Waals surface area contributed by atoms with E-state index in [2.05, 4.69) is 36.4 Å². The molecule has 2 rings (SSSR count). The third-order valence-corrected chi connectivity index (χ3v) is 5.83. The van der Waals surface area contributed by atoms with Crippen LogP contribution in [0.3, 0.4) is 0 Å². The number of halogens is 1. The second-order valence-electron chi connectivity index (χ2n) is 7.22. The zero-order valence-electron chi connectivity index (χ0n) is 16.3. The van der Waals surface area contributed by atoms with E-state index in [0.29, 0.717) is 43.1 Å². The fourth-order valence-electron chi connectivity index (χ4n) is 2.80. The van der Waals surface area contributed by atoms with Crippen LogP contribution in [0.25, 0.3) is 0 Å². The molecule has 0 unspecified atom stereocenters. The van der Waals surface area contributed by atoms with Gasteiger partial charge in [-0.05, 0) is 30.8 Å². The van der Waals surface area contributed by atoms with E-state index in [1.807, 2.05) is 25.4 Å². The van der Waals surface area contributed by atoms with Gasteiger partial charge in [0.15, 0.2) is 5.79 Å². The van der Waals surface area contributed by atoms with Gasteiger partial charge in [-0.1, -0.05) is 38.4 Å². The minimum atomic E-state index is -0.723. The monoisotopic (exact) mass is 417 g/mol. The van der Waals surface area contributed by atoms with E-state index in [9.17, 15) is 0 Å². The molecule has 0 saturated heterocycles. The van der Waals surface area contributed by atoms with Gasteiger partial charge in [0.05, 0.1) is 24.5 Å². The van der Waals surface area contributed by atoms with Crippen molar-refractivity contribution in [2.75, 3.05) is 0 Å². The molecule has 2 aromatic rings. The third kappa shape index (κ3) is 5.09. The maximum absolute atomic E-state index is 9.01. The summed E-state index contributed by atoms with van der Waals surface area (Å²) in [6.07, 6.45) is 4.23. The van der Waals surface area contributed by atoms with Crippen LogP contribution < -0.4 is 0 Å². The van der Waals surface area contributed by atoms with E-state index in [4.69, 9.17) is 25.7 Å². The van der Waals surface area contributed by atoms with Gasteiger partial charge in [-0.15, -0.1) is 0 Å². The summed E-state index contributed by atoms with van der Waals surface area (Å²) in [5, 5.41) is 9.59. The van der Waals surface area contributed by atoms with Crippen LogP contribution in [0.15, 0.2) is 30.7 Å². The molecule has 0 spiro atoms. The summed E-state index contributed by atoms with van der Waals surface area (Å²) in [7, 11) is 0.637. The lowest BCUT2D eigenvalue weighted by Crippen LogP contribution is -2.51. The van der Waals surface area contributed by atoms with Crippen molar-refractivity contribution in [1.82, 2.24) is 9.55 Å². The molecule has 0 saturated carbocycles. The molecule has 0 atom stereocenters. The Kier molecular flexibility index (Phi) is 7.43. The summed E-state index contributed by atoms with van der Waals surface area (Å²) in [5.41, 5.74) is 2.30. The summed E-state index contributed by atoms with van der Waals surface area (Å²) in [4.78, 5) is 4.33. The Morgan fingerprint density at radius 2 is 1.89 bits per heavy atom. The average molecular weight is 418 g/mol. The molecule has 0 fully saturated rings. The highest BCUT2D eigenvalue weighted by atomic mass is 35.5. The molecule has 0 aliphatic carbocycles. The van der Waals surface area contributed by atoms with Crippen molar-refractivity contribution in [2.45, 2.75) is 52.6 Å². The fourth-order valence-corrected chi connectivity index (χ4v) is 4.62.